The summed E-state index contributed by atoms with van der Waals surface area (Å²) in [5.41, 5.74) is -1.67. The first-order chi connectivity index (χ1) is 19.9. The van der Waals surface area contributed by atoms with E-state index in [1.54, 1.807) is 29.0 Å². The van der Waals surface area contributed by atoms with Gasteiger partial charge in [0.15, 0.2) is 0 Å². The molecule has 1 unspecified atom stereocenters. The highest BCUT2D eigenvalue weighted by Crippen LogP contribution is 2.58. The first kappa shape index (κ1) is 29.3. The van der Waals surface area contributed by atoms with Crippen LogP contribution < -0.4 is 9.64 Å². The Balaban J connectivity index is 1.58. The molecule has 1 N–H and O–H groups in total. The number of likely N-dealkylation sites (tertiary alicyclic amines) is 1. The fourth-order valence-corrected chi connectivity index (χ4v) is 7.02. The number of rotatable bonds is 9. The second kappa shape index (κ2) is 12.4. The second-order valence-corrected chi connectivity index (χ2v) is 11.4. The van der Waals surface area contributed by atoms with Crippen LogP contribution >= 0.6 is 0 Å². The summed E-state index contributed by atoms with van der Waals surface area (Å²) in [5, 5.41) is 9.19. The van der Waals surface area contributed by atoms with Gasteiger partial charge in [-0.15, -0.1) is 0 Å². The van der Waals surface area contributed by atoms with Crippen LogP contribution in [0.15, 0.2) is 48.6 Å². The lowest BCUT2D eigenvalue weighted by Crippen LogP contribution is -2.56. The predicted molar refractivity (Wildman–Crippen MR) is 153 cm³/mol. The largest absolute Gasteiger partial charge is 0.497 e. The van der Waals surface area contributed by atoms with Crippen LogP contribution in [0.3, 0.4) is 0 Å². The molecule has 4 heterocycles. The summed E-state index contributed by atoms with van der Waals surface area (Å²) in [7, 11) is 1.59. The molecule has 2 fully saturated rings. The number of hydrogen-bond acceptors (Lipinski definition) is 7. The Labute approximate surface area is 242 Å². The minimum atomic E-state index is -1.31. The zero-order valence-corrected chi connectivity index (χ0v) is 24.1. The van der Waals surface area contributed by atoms with Crippen LogP contribution in [0.1, 0.15) is 58.3 Å². The molecule has 0 bridgehead atoms. The molecule has 222 valence electrons. The van der Waals surface area contributed by atoms with Crippen LogP contribution in [0.5, 0.6) is 5.75 Å². The summed E-state index contributed by atoms with van der Waals surface area (Å²) in [6.07, 6.45) is 13.7. The Hall–Kier alpha value is -3.17. The quantitative estimate of drug-likeness (QED) is 0.275. The van der Waals surface area contributed by atoms with Gasteiger partial charge in [-0.3, -0.25) is 14.4 Å². The number of ether oxygens (including phenoxy) is 3. The van der Waals surface area contributed by atoms with Gasteiger partial charge in [-0.25, -0.2) is 0 Å². The van der Waals surface area contributed by atoms with Crippen LogP contribution in [-0.4, -0.2) is 78.4 Å². The van der Waals surface area contributed by atoms with Crippen LogP contribution in [0.2, 0.25) is 0 Å². The van der Waals surface area contributed by atoms with Gasteiger partial charge in [-0.1, -0.05) is 44.1 Å². The maximum Gasteiger partial charge on any atom is 0.313 e. The first-order valence-corrected chi connectivity index (χ1v) is 15.0. The number of nitrogens with zero attached hydrogens (tertiary/aromatic N) is 2. The van der Waals surface area contributed by atoms with Crippen molar-refractivity contribution in [1.29, 1.82) is 0 Å². The number of hydrogen-bond donors (Lipinski definition) is 1. The van der Waals surface area contributed by atoms with Crippen LogP contribution in [0.25, 0.3) is 0 Å². The molecule has 4 aliphatic rings. The molecule has 9 nitrogen and oxygen atoms in total. The minimum Gasteiger partial charge on any atom is -0.497 e. The third kappa shape index (κ3) is 5.18. The van der Waals surface area contributed by atoms with E-state index < -0.39 is 35.0 Å². The first-order valence-electron chi connectivity index (χ1n) is 15.0. The number of anilines is 1. The number of fused-ring (bicyclic) bond motifs is 2. The monoisotopic (exact) mass is 566 g/mol. The smallest absolute Gasteiger partial charge is 0.313 e. The highest BCUT2D eigenvalue weighted by atomic mass is 16.6. The number of carbonyl (C=O) groups excluding carboxylic acids is 3. The van der Waals surface area contributed by atoms with Crippen molar-refractivity contribution in [2.24, 2.45) is 11.8 Å². The van der Waals surface area contributed by atoms with Crippen LogP contribution in [0, 0.1) is 11.8 Å². The van der Waals surface area contributed by atoms with Gasteiger partial charge >= 0.3 is 5.97 Å². The summed E-state index contributed by atoms with van der Waals surface area (Å²) >= 11 is 0. The number of cyclic esters (lactones) is 1. The molecule has 0 saturated carbocycles. The molecule has 2 saturated heterocycles. The van der Waals surface area contributed by atoms with E-state index in [0.29, 0.717) is 50.4 Å². The van der Waals surface area contributed by atoms with Gasteiger partial charge in [0.25, 0.3) is 5.91 Å². The van der Waals surface area contributed by atoms with E-state index in [0.717, 1.165) is 32.1 Å². The van der Waals surface area contributed by atoms with Crippen molar-refractivity contribution in [3.63, 3.8) is 0 Å². The van der Waals surface area contributed by atoms with Gasteiger partial charge in [0.05, 0.1) is 19.6 Å². The molecule has 4 aliphatic heterocycles. The number of benzene rings is 1. The van der Waals surface area contributed by atoms with Gasteiger partial charge in [-0.05, 0) is 62.8 Å². The Kier molecular flexibility index (Phi) is 8.85. The number of aliphatic hydroxyl groups excluding tert-OH is 1. The predicted octanol–water partition coefficient (Wildman–Crippen LogP) is 3.80. The maximum absolute atomic E-state index is 14.5. The fourth-order valence-electron chi connectivity index (χ4n) is 7.02. The molecular formula is C32H42N2O7. The summed E-state index contributed by atoms with van der Waals surface area (Å²) in [6, 6.07) is 6.35. The van der Waals surface area contributed by atoms with Crippen molar-refractivity contribution < 1.29 is 33.7 Å². The van der Waals surface area contributed by atoms with Gasteiger partial charge < -0.3 is 29.1 Å². The van der Waals surface area contributed by atoms with Crippen molar-refractivity contribution in [1.82, 2.24) is 4.90 Å². The third-order valence-corrected chi connectivity index (χ3v) is 9.07. The number of esters is 1. The highest BCUT2D eigenvalue weighted by molar-refractivity contribution is 6.05. The zero-order chi connectivity index (χ0) is 29.0. The molecule has 9 heteroatoms. The number of carbonyl (C=O) groups is 3. The van der Waals surface area contributed by atoms with E-state index in [4.69, 9.17) is 14.2 Å². The van der Waals surface area contributed by atoms with Gasteiger partial charge in [0.1, 0.15) is 28.9 Å². The van der Waals surface area contributed by atoms with Crippen molar-refractivity contribution in [3.8, 4) is 5.75 Å². The second-order valence-electron chi connectivity index (χ2n) is 11.4. The summed E-state index contributed by atoms with van der Waals surface area (Å²) in [6.45, 7) is 3.06. The summed E-state index contributed by atoms with van der Waals surface area (Å²) < 4.78 is 18.1. The standard InChI is InChI=1S/C32H42N2O7/c1-3-31-17-8-4-7-11-22-40-30(38)26(31)25-28(36)34(19-9-5-6-10-21-35)27-29(37)33(20-12-18-32(25,27)41-31)23-13-15-24(39-2)16-14-23/h8,12-18,25-27,35H,3-7,9-11,19-22H2,1-2H3/b17-8-/t25-,26-,27?,31+,32-/m0/s1. The van der Waals surface area contributed by atoms with Gasteiger partial charge in [0, 0.05) is 25.4 Å². The van der Waals surface area contributed by atoms with E-state index >= 15 is 0 Å². The normalized spacial score (nSPS) is 32.2. The van der Waals surface area contributed by atoms with Crippen molar-refractivity contribution >= 4 is 23.5 Å². The highest BCUT2D eigenvalue weighted by Gasteiger charge is 2.75. The molecule has 0 radical (unpaired) electrons. The number of unbranched alkanes of at least 4 members (excludes halogenated alkanes) is 3. The average molecular weight is 567 g/mol. The summed E-state index contributed by atoms with van der Waals surface area (Å²) in [4.78, 5) is 46.0. The molecule has 41 heavy (non-hydrogen) atoms. The Morgan fingerprint density at radius 2 is 1.76 bits per heavy atom. The molecule has 1 spiro atoms. The third-order valence-electron chi connectivity index (χ3n) is 9.07. The summed E-state index contributed by atoms with van der Waals surface area (Å²) in [5.74, 6) is -1.97. The van der Waals surface area contributed by atoms with Crippen molar-refractivity contribution in [2.45, 2.75) is 75.5 Å². The van der Waals surface area contributed by atoms with Crippen molar-refractivity contribution in [3.05, 3.63) is 48.6 Å². The Morgan fingerprint density at radius 1 is 0.976 bits per heavy atom. The molecule has 1 aromatic carbocycles. The molecule has 0 aliphatic carbocycles. The Morgan fingerprint density at radius 3 is 2.49 bits per heavy atom. The topological polar surface area (TPSA) is 106 Å². The van der Waals surface area contributed by atoms with E-state index in [1.165, 1.54) is 0 Å². The number of amides is 2. The van der Waals surface area contributed by atoms with E-state index in [9.17, 15) is 19.5 Å². The zero-order valence-electron chi connectivity index (χ0n) is 24.1. The van der Waals surface area contributed by atoms with E-state index in [-0.39, 0.29) is 18.4 Å². The molecule has 5 rings (SSSR count). The van der Waals surface area contributed by atoms with E-state index in [2.05, 4.69) is 6.08 Å². The molecule has 5 atom stereocenters. The van der Waals surface area contributed by atoms with Crippen molar-refractivity contribution in [2.75, 3.05) is 38.3 Å². The van der Waals surface area contributed by atoms with Gasteiger partial charge in [-0.2, -0.15) is 0 Å². The average Bonchev–Trinajstić information content (AvgIpc) is 3.34. The Bertz CT molecular complexity index is 1180. The minimum absolute atomic E-state index is 0.126. The molecule has 2 amide bonds. The maximum atomic E-state index is 14.5. The van der Waals surface area contributed by atoms with Crippen LogP contribution in [-0.2, 0) is 23.9 Å². The number of allylic oxidation sites excluding steroid dienone is 1. The fraction of sp³-hybridized carbons (Fsp3) is 0.594. The lowest BCUT2D eigenvalue weighted by molar-refractivity contribution is -0.160. The number of aliphatic hydroxyl groups is 1. The lowest BCUT2D eigenvalue weighted by atomic mass is 9.73. The SMILES string of the molecule is CC[C@@]12/C=C\CCCCOC(=O)[C@@H]1[C@H]1C(=O)N(CCCCCCO)C3C(=O)N(c4ccc(OC)cc4)CC=C[C@@]31O2. The van der Waals surface area contributed by atoms with E-state index in [1.807, 2.05) is 37.3 Å². The van der Waals surface area contributed by atoms with Gasteiger partial charge in [0.2, 0.25) is 5.91 Å². The molecule has 0 aromatic heterocycles. The lowest BCUT2D eigenvalue weighted by Gasteiger charge is -2.38. The van der Waals surface area contributed by atoms with Crippen LogP contribution in [0.4, 0.5) is 5.69 Å². The molecule has 1 aromatic rings. The molecular weight excluding hydrogens is 524 g/mol. The number of methoxy groups -OCH3 is 1.